The standard InChI is InChI=1S/C22H25NO9/c1-12(24)28-11-18-19(29-13(2)25)20(30-14(3)26)21(31-15(4)27)22(32-18)23-10-9-16-7-5-6-8-17(16)23/h5-10,18-22H,11H2,1-4H3/t18-,19+,20-,21+,22-/m0/s1. The van der Waals surface area contributed by atoms with Gasteiger partial charge in [0.15, 0.2) is 24.5 Å². The van der Waals surface area contributed by atoms with Gasteiger partial charge in [0, 0.05) is 33.9 Å². The molecule has 1 aromatic carbocycles. The number of carbonyl (C=O) groups is 4. The van der Waals surface area contributed by atoms with Crippen LogP contribution in [0.4, 0.5) is 0 Å². The topological polar surface area (TPSA) is 119 Å². The zero-order chi connectivity index (χ0) is 23.4. The first-order valence-corrected chi connectivity index (χ1v) is 10.0. The number of para-hydroxylation sites is 1. The summed E-state index contributed by atoms with van der Waals surface area (Å²) in [7, 11) is 0. The van der Waals surface area contributed by atoms with Gasteiger partial charge in [0.1, 0.15) is 12.7 Å². The molecule has 0 unspecified atom stereocenters. The quantitative estimate of drug-likeness (QED) is 0.483. The molecule has 0 aliphatic carbocycles. The number of ether oxygens (including phenoxy) is 5. The first kappa shape index (κ1) is 23.3. The van der Waals surface area contributed by atoms with E-state index in [4.69, 9.17) is 23.7 Å². The molecule has 172 valence electrons. The molecule has 0 N–H and O–H groups in total. The molecule has 3 rings (SSSR count). The molecule has 0 bridgehead atoms. The summed E-state index contributed by atoms with van der Waals surface area (Å²) in [6.07, 6.45) is -3.75. The molecule has 1 aliphatic heterocycles. The molecule has 1 aromatic heterocycles. The van der Waals surface area contributed by atoms with E-state index in [1.807, 2.05) is 30.3 Å². The maximum atomic E-state index is 11.9. The Morgan fingerprint density at radius 2 is 1.41 bits per heavy atom. The van der Waals surface area contributed by atoms with Crippen LogP contribution in [0.3, 0.4) is 0 Å². The normalized spacial score (nSPS) is 25.1. The van der Waals surface area contributed by atoms with Crippen LogP contribution in [-0.2, 0) is 42.9 Å². The van der Waals surface area contributed by atoms with Gasteiger partial charge in [-0.2, -0.15) is 0 Å². The second kappa shape index (κ2) is 9.82. The van der Waals surface area contributed by atoms with Gasteiger partial charge in [-0.1, -0.05) is 18.2 Å². The lowest BCUT2D eigenvalue weighted by molar-refractivity contribution is -0.267. The van der Waals surface area contributed by atoms with Crippen LogP contribution < -0.4 is 0 Å². The van der Waals surface area contributed by atoms with E-state index in [1.165, 1.54) is 27.7 Å². The third kappa shape index (κ3) is 5.25. The first-order chi connectivity index (χ1) is 15.2. The Labute approximate surface area is 184 Å². The van der Waals surface area contributed by atoms with Crippen LogP contribution in [0.1, 0.15) is 33.9 Å². The van der Waals surface area contributed by atoms with E-state index in [1.54, 1.807) is 10.8 Å². The molecular weight excluding hydrogens is 422 g/mol. The van der Waals surface area contributed by atoms with E-state index < -0.39 is 54.5 Å². The van der Waals surface area contributed by atoms with Crippen molar-refractivity contribution in [3.05, 3.63) is 36.5 Å². The highest BCUT2D eigenvalue weighted by atomic mass is 16.7. The third-order valence-corrected chi connectivity index (χ3v) is 4.87. The van der Waals surface area contributed by atoms with Crippen LogP contribution >= 0.6 is 0 Å². The summed E-state index contributed by atoms with van der Waals surface area (Å²) in [6.45, 7) is 4.53. The van der Waals surface area contributed by atoms with E-state index in [2.05, 4.69) is 0 Å². The summed E-state index contributed by atoms with van der Waals surface area (Å²) in [4.78, 5) is 47.1. The molecule has 1 saturated heterocycles. The number of fused-ring (bicyclic) bond motifs is 1. The van der Waals surface area contributed by atoms with Crippen molar-refractivity contribution in [3.8, 4) is 0 Å². The van der Waals surface area contributed by atoms with Crippen LogP contribution in [0.5, 0.6) is 0 Å². The van der Waals surface area contributed by atoms with E-state index in [0.717, 1.165) is 10.9 Å². The lowest BCUT2D eigenvalue weighted by Crippen LogP contribution is -2.60. The van der Waals surface area contributed by atoms with Crippen LogP contribution in [0.25, 0.3) is 10.9 Å². The Morgan fingerprint density at radius 3 is 2.03 bits per heavy atom. The van der Waals surface area contributed by atoms with Crippen molar-refractivity contribution in [1.29, 1.82) is 0 Å². The maximum absolute atomic E-state index is 11.9. The van der Waals surface area contributed by atoms with Gasteiger partial charge in [-0.3, -0.25) is 19.2 Å². The van der Waals surface area contributed by atoms with Crippen LogP contribution in [-0.4, -0.2) is 59.5 Å². The third-order valence-electron chi connectivity index (χ3n) is 4.87. The highest BCUT2D eigenvalue weighted by Crippen LogP contribution is 2.36. The average molecular weight is 447 g/mol. The van der Waals surface area contributed by atoms with Crippen LogP contribution in [0, 0.1) is 0 Å². The van der Waals surface area contributed by atoms with Gasteiger partial charge >= 0.3 is 23.9 Å². The summed E-state index contributed by atoms with van der Waals surface area (Å²) in [5.74, 6) is -2.55. The second-order valence-corrected chi connectivity index (χ2v) is 7.37. The maximum Gasteiger partial charge on any atom is 0.303 e. The van der Waals surface area contributed by atoms with Gasteiger partial charge in [0.25, 0.3) is 0 Å². The number of nitrogens with zero attached hydrogens (tertiary/aromatic N) is 1. The van der Waals surface area contributed by atoms with Gasteiger partial charge in [0.2, 0.25) is 0 Å². The van der Waals surface area contributed by atoms with E-state index in [9.17, 15) is 19.2 Å². The summed E-state index contributed by atoms with van der Waals surface area (Å²) >= 11 is 0. The lowest BCUT2D eigenvalue weighted by atomic mass is 9.97. The Morgan fingerprint density at radius 1 is 0.812 bits per heavy atom. The number of hydrogen-bond donors (Lipinski definition) is 0. The molecule has 1 fully saturated rings. The number of carbonyl (C=O) groups excluding carboxylic acids is 4. The van der Waals surface area contributed by atoms with Crippen molar-refractivity contribution in [1.82, 2.24) is 4.57 Å². The molecule has 5 atom stereocenters. The van der Waals surface area contributed by atoms with Gasteiger partial charge in [-0.05, 0) is 17.5 Å². The monoisotopic (exact) mass is 447 g/mol. The molecule has 0 saturated carbocycles. The molecule has 10 nitrogen and oxygen atoms in total. The molecule has 0 radical (unpaired) electrons. The second-order valence-electron chi connectivity index (χ2n) is 7.37. The van der Waals surface area contributed by atoms with Crippen molar-refractivity contribution in [2.45, 2.75) is 58.3 Å². The highest BCUT2D eigenvalue weighted by Gasteiger charge is 2.52. The van der Waals surface area contributed by atoms with Crippen molar-refractivity contribution in [3.63, 3.8) is 0 Å². The Balaban J connectivity index is 2.10. The number of hydrogen-bond acceptors (Lipinski definition) is 9. The van der Waals surface area contributed by atoms with Crippen LogP contribution in [0.15, 0.2) is 36.5 Å². The summed E-state index contributed by atoms with van der Waals surface area (Å²) in [5.41, 5.74) is 0.772. The minimum absolute atomic E-state index is 0.270. The van der Waals surface area contributed by atoms with Crippen molar-refractivity contribution in [2.24, 2.45) is 0 Å². The molecule has 2 heterocycles. The predicted molar refractivity (Wildman–Crippen MR) is 109 cm³/mol. The minimum Gasteiger partial charge on any atom is -0.463 e. The van der Waals surface area contributed by atoms with Crippen molar-refractivity contribution < 1.29 is 42.9 Å². The zero-order valence-electron chi connectivity index (χ0n) is 18.2. The van der Waals surface area contributed by atoms with Crippen LogP contribution in [0.2, 0.25) is 0 Å². The Bertz CT molecular complexity index is 1010. The summed E-state index contributed by atoms with van der Waals surface area (Å²) < 4.78 is 29.4. The highest BCUT2D eigenvalue weighted by molar-refractivity contribution is 5.80. The van der Waals surface area contributed by atoms with E-state index >= 15 is 0 Å². The number of benzene rings is 1. The molecule has 10 heteroatoms. The van der Waals surface area contributed by atoms with Gasteiger partial charge in [0.05, 0.1) is 5.52 Å². The van der Waals surface area contributed by atoms with Crippen molar-refractivity contribution >= 4 is 34.8 Å². The first-order valence-electron chi connectivity index (χ1n) is 10.0. The Kier molecular flexibility index (Phi) is 7.14. The largest absolute Gasteiger partial charge is 0.463 e. The number of esters is 4. The fraction of sp³-hybridized carbons (Fsp3) is 0.455. The van der Waals surface area contributed by atoms with Gasteiger partial charge in [-0.25, -0.2) is 0 Å². The average Bonchev–Trinajstić information content (AvgIpc) is 3.12. The van der Waals surface area contributed by atoms with Gasteiger partial charge < -0.3 is 28.3 Å². The summed E-state index contributed by atoms with van der Waals surface area (Å²) in [6, 6.07) is 9.31. The SMILES string of the molecule is CC(=O)OC[C@@H]1O[C@H](n2ccc3ccccc32)[C@H](OC(C)=O)[C@@H](OC(C)=O)[C@@H]1OC(C)=O. The van der Waals surface area contributed by atoms with Crippen molar-refractivity contribution in [2.75, 3.05) is 6.61 Å². The fourth-order valence-electron chi connectivity index (χ4n) is 3.76. The minimum atomic E-state index is -1.21. The summed E-state index contributed by atoms with van der Waals surface area (Å²) in [5, 5.41) is 0.903. The predicted octanol–water partition coefficient (Wildman–Crippen LogP) is 1.90. The molecule has 1 aliphatic rings. The van der Waals surface area contributed by atoms with E-state index in [0.29, 0.717) is 0 Å². The zero-order valence-corrected chi connectivity index (χ0v) is 18.2. The molecule has 32 heavy (non-hydrogen) atoms. The molecular formula is C22H25NO9. The smallest absolute Gasteiger partial charge is 0.303 e. The molecule has 0 amide bonds. The molecule has 0 spiro atoms. The lowest BCUT2D eigenvalue weighted by Gasteiger charge is -2.44. The number of aromatic nitrogens is 1. The Hall–Kier alpha value is -3.40. The molecule has 2 aromatic rings. The number of rotatable bonds is 6. The van der Waals surface area contributed by atoms with E-state index in [-0.39, 0.29) is 6.61 Å². The fourth-order valence-corrected chi connectivity index (χ4v) is 3.76. The van der Waals surface area contributed by atoms with Gasteiger partial charge in [-0.15, -0.1) is 0 Å².